The number of nitrogens with zero attached hydrogens (tertiary/aromatic N) is 1. The normalized spacial score (nSPS) is 11.5. The molecule has 0 saturated heterocycles. The molecule has 0 aliphatic rings. The minimum atomic E-state index is -0.391. The zero-order valence-electron chi connectivity index (χ0n) is 19.6. The summed E-state index contributed by atoms with van der Waals surface area (Å²) in [5, 5.41) is 7.94. The van der Waals surface area contributed by atoms with Crippen molar-refractivity contribution in [3.8, 4) is 0 Å². The van der Waals surface area contributed by atoms with Gasteiger partial charge in [-0.15, -0.1) is 0 Å². The van der Waals surface area contributed by atoms with Gasteiger partial charge in [0.2, 0.25) is 0 Å². The van der Waals surface area contributed by atoms with Crippen LogP contribution in [0.3, 0.4) is 0 Å². The van der Waals surface area contributed by atoms with Gasteiger partial charge in [0, 0.05) is 40.1 Å². The summed E-state index contributed by atoms with van der Waals surface area (Å²) in [6, 6.07) is 30.7. The van der Waals surface area contributed by atoms with Crippen molar-refractivity contribution < 1.29 is 9.59 Å². The summed E-state index contributed by atoms with van der Waals surface area (Å²) in [7, 11) is 2.04. The predicted octanol–water partition coefficient (Wildman–Crippen LogP) is 6.05. The number of carbonyl (C=O) groups is 2. The topological polar surface area (TPSA) is 63.1 Å². The SMILES string of the molecule is Cc1cccc(NC(=O)/C(=C\c2ccc3c(c2)c2ccccc2n3C)NC(=O)c2ccccc2)c1. The lowest BCUT2D eigenvalue weighted by atomic mass is 10.1. The van der Waals surface area contributed by atoms with Crippen molar-refractivity contribution in [2.45, 2.75) is 6.92 Å². The number of benzene rings is 4. The summed E-state index contributed by atoms with van der Waals surface area (Å²) < 4.78 is 2.15. The molecule has 2 amide bonds. The van der Waals surface area contributed by atoms with Gasteiger partial charge in [0.15, 0.2) is 0 Å². The van der Waals surface area contributed by atoms with Crippen molar-refractivity contribution in [3.05, 3.63) is 119 Å². The van der Waals surface area contributed by atoms with Crippen molar-refractivity contribution in [1.82, 2.24) is 9.88 Å². The smallest absolute Gasteiger partial charge is 0.272 e. The maximum atomic E-state index is 13.3. The second-order valence-corrected chi connectivity index (χ2v) is 8.55. The van der Waals surface area contributed by atoms with E-state index < -0.39 is 5.91 Å². The van der Waals surface area contributed by atoms with Gasteiger partial charge in [0.05, 0.1) is 0 Å². The molecule has 172 valence electrons. The lowest BCUT2D eigenvalue weighted by Crippen LogP contribution is -2.30. The molecular formula is C30H25N3O2. The molecule has 5 nitrogen and oxygen atoms in total. The van der Waals surface area contributed by atoms with Crippen molar-refractivity contribution in [2.75, 3.05) is 5.32 Å². The van der Waals surface area contributed by atoms with Gasteiger partial charge in [0.25, 0.3) is 11.8 Å². The van der Waals surface area contributed by atoms with Gasteiger partial charge in [-0.05, 0) is 66.6 Å². The number of anilines is 1. The number of aryl methyl sites for hydroxylation is 2. The van der Waals surface area contributed by atoms with E-state index >= 15 is 0 Å². The van der Waals surface area contributed by atoms with Crippen molar-refractivity contribution in [3.63, 3.8) is 0 Å². The molecule has 5 heteroatoms. The first-order valence-corrected chi connectivity index (χ1v) is 11.4. The Labute approximate surface area is 203 Å². The molecule has 0 unspecified atom stereocenters. The van der Waals surface area contributed by atoms with E-state index in [4.69, 9.17) is 0 Å². The highest BCUT2D eigenvalue weighted by Gasteiger charge is 2.16. The largest absolute Gasteiger partial charge is 0.344 e. The molecule has 0 saturated carbocycles. The van der Waals surface area contributed by atoms with Crippen LogP contribution in [0.1, 0.15) is 21.5 Å². The van der Waals surface area contributed by atoms with Crippen molar-refractivity contribution in [2.24, 2.45) is 7.05 Å². The minimum absolute atomic E-state index is 0.167. The Kier molecular flexibility index (Phi) is 5.90. The van der Waals surface area contributed by atoms with Crippen LogP contribution in [0.4, 0.5) is 5.69 Å². The molecule has 5 rings (SSSR count). The van der Waals surface area contributed by atoms with Crippen LogP contribution >= 0.6 is 0 Å². The molecule has 35 heavy (non-hydrogen) atoms. The highest BCUT2D eigenvalue weighted by Crippen LogP contribution is 2.29. The predicted molar refractivity (Wildman–Crippen MR) is 142 cm³/mol. The van der Waals surface area contributed by atoms with E-state index in [0.29, 0.717) is 11.3 Å². The lowest BCUT2D eigenvalue weighted by Gasteiger charge is -2.12. The minimum Gasteiger partial charge on any atom is -0.344 e. The Morgan fingerprint density at radius 3 is 2.31 bits per heavy atom. The van der Waals surface area contributed by atoms with E-state index in [-0.39, 0.29) is 11.6 Å². The van der Waals surface area contributed by atoms with E-state index in [0.717, 1.165) is 32.9 Å². The molecule has 4 aromatic carbocycles. The van der Waals surface area contributed by atoms with Crippen LogP contribution in [0.2, 0.25) is 0 Å². The summed E-state index contributed by atoms with van der Waals surface area (Å²) in [5.41, 5.74) is 5.39. The van der Waals surface area contributed by atoms with Gasteiger partial charge < -0.3 is 15.2 Å². The molecule has 0 fully saturated rings. The van der Waals surface area contributed by atoms with Gasteiger partial charge in [-0.25, -0.2) is 0 Å². The number of nitrogens with one attached hydrogen (secondary N) is 2. The number of para-hydroxylation sites is 1. The van der Waals surface area contributed by atoms with Crippen LogP contribution in [-0.4, -0.2) is 16.4 Å². The fourth-order valence-electron chi connectivity index (χ4n) is 4.31. The van der Waals surface area contributed by atoms with Gasteiger partial charge >= 0.3 is 0 Å². The highest BCUT2D eigenvalue weighted by molar-refractivity contribution is 6.12. The standard InChI is InChI=1S/C30H25N3O2/c1-20-9-8-12-23(17-20)31-30(35)26(32-29(34)22-10-4-3-5-11-22)19-21-15-16-28-25(18-21)24-13-6-7-14-27(24)33(28)2/h3-19H,1-2H3,(H,31,35)(H,32,34)/b26-19+. The first-order valence-electron chi connectivity index (χ1n) is 11.4. The first-order chi connectivity index (χ1) is 17.0. The number of rotatable bonds is 5. The van der Waals surface area contributed by atoms with Crippen molar-refractivity contribution in [1.29, 1.82) is 0 Å². The number of hydrogen-bond donors (Lipinski definition) is 2. The fourth-order valence-corrected chi connectivity index (χ4v) is 4.31. The van der Waals surface area contributed by atoms with Crippen LogP contribution in [0.5, 0.6) is 0 Å². The molecule has 0 aliphatic carbocycles. The summed E-state index contributed by atoms with van der Waals surface area (Å²) in [4.78, 5) is 26.2. The zero-order chi connectivity index (χ0) is 24.4. The van der Waals surface area contributed by atoms with Crippen LogP contribution in [0.15, 0.2) is 103 Å². The summed E-state index contributed by atoms with van der Waals surface area (Å²) >= 11 is 0. The third kappa shape index (κ3) is 4.57. The fraction of sp³-hybridized carbons (Fsp3) is 0.0667. The first kappa shape index (κ1) is 22.2. The second kappa shape index (κ2) is 9.31. The Morgan fingerprint density at radius 2 is 1.51 bits per heavy atom. The van der Waals surface area contributed by atoms with E-state index in [2.05, 4.69) is 27.3 Å². The molecule has 5 aromatic rings. The van der Waals surface area contributed by atoms with Gasteiger partial charge in [-0.2, -0.15) is 0 Å². The molecule has 1 heterocycles. The Bertz CT molecular complexity index is 1600. The Morgan fingerprint density at radius 1 is 0.771 bits per heavy atom. The molecule has 0 atom stereocenters. The second-order valence-electron chi connectivity index (χ2n) is 8.55. The highest BCUT2D eigenvalue weighted by atomic mass is 16.2. The number of fused-ring (bicyclic) bond motifs is 3. The maximum absolute atomic E-state index is 13.3. The third-order valence-corrected chi connectivity index (χ3v) is 6.05. The zero-order valence-corrected chi connectivity index (χ0v) is 19.6. The Hall–Kier alpha value is -4.64. The summed E-state index contributed by atoms with van der Waals surface area (Å²) in [6.07, 6.45) is 1.72. The van der Waals surface area contributed by atoms with E-state index in [1.54, 1.807) is 30.3 Å². The number of carbonyl (C=O) groups excluding carboxylic acids is 2. The van der Waals surface area contributed by atoms with Crippen LogP contribution in [0.25, 0.3) is 27.9 Å². The number of aromatic nitrogens is 1. The molecular weight excluding hydrogens is 434 g/mol. The van der Waals surface area contributed by atoms with Gasteiger partial charge in [-0.3, -0.25) is 9.59 Å². The quantitative estimate of drug-likeness (QED) is 0.314. The molecule has 0 radical (unpaired) electrons. The average molecular weight is 460 g/mol. The van der Waals surface area contributed by atoms with Crippen LogP contribution < -0.4 is 10.6 Å². The molecule has 1 aromatic heterocycles. The van der Waals surface area contributed by atoms with Crippen molar-refractivity contribution >= 4 is 45.4 Å². The maximum Gasteiger partial charge on any atom is 0.272 e. The monoisotopic (exact) mass is 459 g/mol. The number of hydrogen-bond acceptors (Lipinski definition) is 2. The van der Waals surface area contributed by atoms with E-state index in [1.807, 2.05) is 74.6 Å². The third-order valence-electron chi connectivity index (χ3n) is 6.05. The molecule has 2 N–H and O–H groups in total. The van der Waals surface area contributed by atoms with Gasteiger partial charge in [0.1, 0.15) is 5.70 Å². The average Bonchev–Trinajstić information content (AvgIpc) is 3.15. The van der Waals surface area contributed by atoms with Gasteiger partial charge in [-0.1, -0.05) is 54.6 Å². The molecule has 0 aliphatic heterocycles. The van der Waals surface area contributed by atoms with Crippen LogP contribution in [-0.2, 0) is 11.8 Å². The Balaban J connectivity index is 1.55. The van der Waals surface area contributed by atoms with E-state index in [1.165, 1.54) is 0 Å². The van der Waals surface area contributed by atoms with Crippen LogP contribution in [0, 0.1) is 6.92 Å². The molecule has 0 bridgehead atoms. The van der Waals surface area contributed by atoms with E-state index in [9.17, 15) is 9.59 Å². The number of amides is 2. The summed E-state index contributed by atoms with van der Waals surface area (Å²) in [5.74, 6) is -0.736. The lowest BCUT2D eigenvalue weighted by molar-refractivity contribution is -0.113. The summed E-state index contributed by atoms with van der Waals surface area (Å²) in [6.45, 7) is 1.96. The molecule has 0 spiro atoms.